The third-order valence-electron chi connectivity index (χ3n) is 4.15. The van der Waals surface area contributed by atoms with Crippen molar-refractivity contribution in [3.05, 3.63) is 47.8 Å². The Kier molecular flexibility index (Phi) is 4.71. The van der Waals surface area contributed by atoms with Crippen LogP contribution in [0.4, 0.5) is 0 Å². The van der Waals surface area contributed by atoms with E-state index in [4.69, 9.17) is 4.74 Å². The fourth-order valence-electron chi connectivity index (χ4n) is 2.95. The van der Waals surface area contributed by atoms with Gasteiger partial charge in [0, 0.05) is 43.6 Å². The van der Waals surface area contributed by atoms with Gasteiger partial charge in [-0.05, 0) is 31.5 Å². The van der Waals surface area contributed by atoms with E-state index in [1.807, 2.05) is 47.8 Å². The van der Waals surface area contributed by atoms with Gasteiger partial charge in [0.25, 0.3) is 5.91 Å². The summed E-state index contributed by atoms with van der Waals surface area (Å²) in [6.45, 7) is 4.51. The number of hydrogen-bond acceptors (Lipinski definition) is 4. The third-order valence-corrected chi connectivity index (χ3v) is 4.15. The van der Waals surface area contributed by atoms with E-state index in [0.717, 1.165) is 17.8 Å². The van der Waals surface area contributed by atoms with Gasteiger partial charge in [-0.25, -0.2) is 9.97 Å². The SMILES string of the molecule is Cc1cc(CC2COCCN(C(=O)c3cccn3C)C2)ncn1. The van der Waals surface area contributed by atoms with Gasteiger partial charge in [0.1, 0.15) is 12.0 Å². The Morgan fingerprint density at radius 3 is 3.04 bits per heavy atom. The van der Waals surface area contributed by atoms with E-state index in [1.54, 1.807) is 6.33 Å². The summed E-state index contributed by atoms with van der Waals surface area (Å²) in [4.78, 5) is 23.1. The van der Waals surface area contributed by atoms with Crippen molar-refractivity contribution in [3.8, 4) is 0 Å². The van der Waals surface area contributed by atoms with Crippen LogP contribution in [0, 0.1) is 12.8 Å². The summed E-state index contributed by atoms with van der Waals surface area (Å²) in [7, 11) is 1.89. The molecule has 0 N–H and O–H groups in total. The molecule has 6 heteroatoms. The molecule has 2 aromatic rings. The highest BCUT2D eigenvalue weighted by Gasteiger charge is 2.25. The fraction of sp³-hybridized carbons (Fsp3) is 0.471. The Balaban J connectivity index is 1.71. The second kappa shape index (κ2) is 6.91. The van der Waals surface area contributed by atoms with Crippen LogP contribution in [0.3, 0.4) is 0 Å². The Labute approximate surface area is 136 Å². The number of ether oxygens (including phenoxy) is 1. The van der Waals surface area contributed by atoms with Crippen LogP contribution in [-0.2, 0) is 18.2 Å². The van der Waals surface area contributed by atoms with E-state index < -0.39 is 0 Å². The zero-order chi connectivity index (χ0) is 16.2. The van der Waals surface area contributed by atoms with Crippen molar-refractivity contribution in [1.82, 2.24) is 19.4 Å². The van der Waals surface area contributed by atoms with Crippen molar-refractivity contribution in [2.75, 3.05) is 26.3 Å². The zero-order valence-corrected chi connectivity index (χ0v) is 13.6. The van der Waals surface area contributed by atoms with Crippen LogP contribution >= 0.6 is 0 Å². The smallest absolute Gasteiger partial charge is 0.270 e. The molecule has 3 heterocycles. The van der Waals surface area contributed by atoms with Crippen LogP contribution in [0.25, 0.3) is 0 Å². The molecule has 3 rings (SSSR count). The van der Waals surface area contributed by atoms with E-state index in [0.29, 0.717) is 32.0 Å². The predicted octanol–water partition coefficient (Wildman–Crippen LogP) is 1.45. The van der Waals surface area contributed by atoms with E-state index in [2.05, 4.69) is 9.97 Å². The minimum atomic E-state index is 0.0619. The van der Waals surface area contributed by atoms with Crippen molar-refractivity contribution in [3.63, 3.8) is 0 Å². The molecule has 0 aromatic carbocycles. The number of aryl methyl sites for hydroxylation is 2. The van der Waals surface area contributed by atoms with Crippen molar-refractivity contribution in [1.29, 1.82) is 0 Å². The molecule has 0 bridgehead atoms. The maximum absolute atomic E-state index is 12.7. The van der Waals surface area contributed by atoms with Gasteiger partial charge >= 0.3 is 0 Å². The lowest BCUT2D eigenvalue weighted by Crippen LogP contribution is -2.37. The number of amides is 1. The number of carbonyl (C=O) groups is 1. The van der Waals surface area contributed by atoms with Gasteiger partial charge in [0.15, 0.2) is 0 Å². The molecule has 1 fully saturated rings. The van der Waals surface area contributed by atoms with Crippen molar-refractivity contribution < 1.29 is 9.53 Å². The van der Waals surface area contributed by atoms with Gasteiger partial charge in [-0.15, -0.1) is 0 Å². The molecule has 1 aliphatic heterocycles. The number of hydrogen-bond donors (Lipinski definition) is 0. The number of carbonyl (C=O) groups excluding carboxylic acids is 1. The molecule has 0 aliphatic carbocycles. The highest BCUT2D eigenvalue weighted by molar-refractivity contribution is 5.92. The lowest BCUT2D eigenvalue weighted by atomic mass is 10.0. The summed E-state index contributed by atoms with van der Waals surface area (Å²) in [6, 6.07) is 5.74. The van der Waals surface area contributed by atoms with Crippen molar-refractivity contribution in [2.24, 2.45) is 13.0 Å². The lowest BCUT2D eigenvalue weighted by Gasteiger charge is -2.23. The molecule has 0 saturated carbocycles. The second-order valence-corrected chi connectivity index (χ2v) is 6.05. The molecule has 122 valence electrons. The van der Waals surface area contributed by atoms with Crippen LogP contribution in [0.15, 0.2) is 30.7 Å². The summed E-state index contributed by atoms with van der Waals surface area (Å²) < 4.78 is 7.55. The molecule has 1 unspecified atom stereocenters. The molecule has 0 radical (unpaired) electrons. The van der Waals surface area contributed by atoms with E-state index in [1.165, 1.54) is 0 Å². The van der Waals surface area contributed by atoms with Gasteiger partial charge in [0.05, 0.1) is 13.2 Å². The van der Waals surface area contributed by atoms with Gasteiger partial charge in [-0.3, -0.25) is 4.79 Å². The van der Waals surface area contributed by atoms with Crippen molar-refractivity contribution >= 4 is 5.91 Å². The van der Waals surface area contributed by atoms with Gasteiger partial charge < -0.3 is 14.2 Å². The maximum atomic E-state index is 12.7. The molecule has 23 heavy (non-hydrogen) atoms. The molecule has 2 aromatic heterocycles. The Hall–Kier alpha value is -2.21. The maximum Gasteiger partial charge on any atom is 0.270 e. The van der Waals surface area contributed by atoms with Gasteiger partial charge in [-0.2, -0.15) is 0 Å². The molecular weight excluding hydrogens is 292 g/mol. The molecule has 1 aliphatic rings. The Morgan fingerprint density at radius 2 is 2.30 bits per heavy atom. The van der Waals surface area contributed by atoms with Crippen LogP contribution in [-0.4, -0.2) is 51.6 Å². The minimum absolute atomic E-state index is 0.0619. The predicted molar refractivity (Wildman–Crippen MR) is 86.1 cm³/mol. The van der Waals surface area contributed by atoms with Gasteiger partial charge in [0.2, 0.25) is 0 Å². The Bertz CT molecular complexity index is 683. The largest absolute Gasteiger partial charge is 0.379 e. The highest BCUT2D eigenvalue weighted by Crippen LogP contribution is 2.15. The Morgan fingerprint density at radius 1 is 1.43 bits per heavy atom. The summed E-state index contributed by atoms with van der Waals surface area (Å²) in [5, 5.41) is 0. The number of nitrogens with zero attached hydrogens (tertiary/aromatic N) is 4. The second-order valence-electron chi connectivity index (χ2n) is 6.05. The fourth-order valence-corrected chi connectivity index (χ4v) is 2.95. The van der Waals surface area contributed by atoms with Crippen molar-refractivity contribution in [2.45, 2.75) is 13.3 Å². The minimum Gasteiger partial charge on any atom is -0.379 e. The third kappa shape index (κ3) is 3.76. The molecule has 1 amide bonds. The zero-order valence-electron chi connectivity index (χ0n) is 13.6. The number of aromatic nitrogens is 3. The first-order valence-corrected chi connectivity index (χ1v) is 7.89. The average molecular weight is 314 g/mol. The molecule has 6 nitrogen and oxygen atoms in total. The van der Waals surface area contributed by atoms with Crippen LogP contribution in [0.5, 0.6) is 0 Å². The summed E-state index contributed by atoms with van der Waals surface area (Å²) in [5.41, 5.74) is 2.67. The van der Waals surface area contributed by atoms with E-state index in [9.17, 15) is 4.79 Å². The highest BCUT2D eigenvalue weighted by atomic mass is 16.5. The standard InChI is InChI=1S/C17H22N4O2/c1-13-8-15(19-12-18-13)9-14-10-21(6-7-23-11-14)17(22)16-4-3-5-20(16)2/h3-5,8,12,14H,6-7,9-11H2,1-2H3. The van der Waals surface area contributed by atoms with E-state index in [-0.39, 0.29) is 11.8 Å². The summed E-state index contributed by atoms with van der Waals surface area (Å²) >= 11 is 0. The monoisotopic (exact) mass is 314 g/mol. The quantitative estimate of drug-likeness (QED) is 0.860. The van der Waals surface area contributed by atoms with Crippen LogP contribution in [0.1, 0.15) is 21.9 Å². The molecule has 1 atom stereocenters. The first-order chi connectivity index (χ1) is 11.1. The number of rotatable bonds is 3. The van der Waals surface area contributed by atoms with Crippen LogP contribution in [0.2, 0.25) is 0 Å². The normalized spacial score (nSPS) is 18.7. The first kappa shape index (κ1) is 15.7. The van der Waals surface area contributed by atoms with E-state index >= 15 is 0 Å². The molecule has 1 saturated heterocycles. The summed E-state index contributed by atoms with van der Waals surface area (Å²) in [5.74, 6) is 0.308. The lowest BCUT2D eigenvalue weighted by molar-refractivity contribution is 0.0728. The van der Waals surface area contributed by atoms with Crippen LogP contribution < -0.4 is 0 Å². The summed E-state index contributed by atoms with van der Waals surface area (Å²) in [6.07, 6.45) is 4.28. The average Bonchev–Trinajstić information content (AvgIpc) is 2.81. The topological polar surface area (TPSA) is 60.2 Å². The van der Waals surface area contributed by atoms with Gasteiger partial charge in [-0.1, -0.05) is 0 Å². The molecule has 0 spiro atoms. The first-order valence-electron chi connectivity index (χ1n) is 7.89. The molecular formula is C17H22N4O2.